The van der Waals surface area contributed by atoms with Crippen molar-refractivity contribution in [2.45, 2.75) is 24.8 Å². The molecule has 0 aliphatic rings. The Balaban J connectivity index is 2.97. The molecule has 1 aromatic rings. The fourth-order valence-electron chi connectivity index (χ4n) is 1.62. The molecule has 1 aromatic carbocycles. The number of hydrogen-bond acceptors (Lipinski definition) is 4. The molecule has 2 N–H and O–H groups in total. The van der Waals surface area contributed by atoms with Crippen LogP contribution in [0.25, 0.3) is 0 Å². The van der Waals surface area contributed by atoms with Crippen LogP contribution in [0.15, 0.2) is 29.2 Å². The second kappa shape index (κ2) is 6.68. The van der Waals surface area contributed by atoms with Gasteiger partial charge in [-0.05, 0) is 32.0 Å². The molecule has 0 aliphatic carbocycles. The summed E-state index contributed by atoms with van der Waals surface area (Å²) in [7, 11) is -2.65. The van der Waals surface area contributed by atoms with E-state index in [2.05, 4.69) is 5.32 Å². The Morgan fingerprint density at radius 2 is 1.95 bits per heavy atom. The molecule has 0 bridgehead atoms. The molecule has 8 heteroatoms. The third-order valence-electron chi connectivity index (χ3n) is 2.61. The lowest BCUT2D eigenvalue weighted by Crippen LogP contribution is -2.40. The lowest BCUT2D eigenvalue weighted by molar-refractivity contribution is -0.121. The number of carboxylic acids is 1. The fraction of sp³-hybridized carbons (Fsp3) is 0.385. The zero-order chi connectivity index (χ0) is 16.2. The van der Waals surface area contributed by atoms with Crippen molar-refractivity contribution in [1.82, 2.24) is 9.62 Å². The van der Waals surface area contributed by atoms with Crippen molar-refractivity contribution in [3.8, 4) is 0 Å². The van der Waals surface area contributed by atoms with Gasteiger partial charge in [0.15, 0.2) is 0 Å². The molecule has 21 heavy (non-hydrogen) atoms. The van der Waals surface area contributed by atoms with Crippen molar-refractivity contribution < 1.29 is 23.1 Å². The number of nitrogens with one attached hydrogen (secondary N) is 1. The second-order valence-electron chi connectivity index (χ2n) is 4.82. The fourth-order valence-corrected chi connectivity index (χ4v) is 2.80. The minimum absolute atomic E-state index is 0.0936. The first kappa shape index (κ1) is 17.1. The van der Waals surface area contributed by atoms with Gasteiger partial charge >= 0.3 is 5.97 Å². The Kier molecular flexibility index (Phi) is 5.45. The quantitative estimate of drug-likeness (QED) is 0.797. The van der Waals surface area contributed by atoms with Gasteiger partial charge in [0.2, 0.25) is 15.9 Å². The van der Waals surface area contributed by atoms with E-state index in [0.29, 0.717) is 0 Å². The lowest BCUT2D eigenvalue weighted by atomic mass is 10.2. The third-order valence-corrected chi connectivity index (χ3v) is 4.40. The van der Waals surface area contributed by atoms with Gasteiger partial charge in [-0.1, -0.05) is 6.07 Å². The van der Waals surface area contributed by atoms with Gasteiger partial charge < -0.3 is 10.4 Å². The summed E-state index contributed by atoms with van der Waals surface area (Å²) in [5, 5.41) is 11.5. The number of amides is 1. The van der Waals surface area contributed by atoms with Crippen molar-refractivity contribution in [3.63, 3.8) is 0 Å². The van der Waals surface area contributed by atoms with Crippen molar-refractivity contribution in [2.75, 3.05) is 13.6 Å². The van der Waals surface area contributed by atoms with E-state index in [1.165, 1.54) is 25.2 Å². The van der Waals surface area contributed by atoms with Crippen molar-refractivity contribution in [2.24, 2.45) is 0 Å². The van der Waals surface area contributed by atoms with E-state index < -0.39 is 21.9 Å². The van der Waals surface area contributed by atoms with Crippen molar-refractivity contribution in [3.05, 3.63) is 29.8 Å². The first-order valence-electron chi connectivity index (χ1n) is 6.23. The van der Waals surface area contributed by atoms with Gasteiger partial charge in [-0.2, -0.15) is 4.31 Å². The lowest BCUT2D eigenvalue weighted by Gasteiger charge is -2.18. The van der Waals surface area contributed by atoms with E-state index in [0.717, 1.165) is 10.4 Å². The Bertz CT molecular complexity index is 640. The number of carbonyl (C=O) groups is 2. The summed E-state index contributed by atoms with van der Waals surface area (Å²) in [6.07, 6.45) is 0. The van der Waals surface area contributed by atoms with Crippen LogP contribution in [-0.2, 0) is 14.8 Å². The number of sulfonamides is 1. The van der Waals surface area contributed by atoms with E-state index in [-0.39, 0.29) is 23.0 Å². The first-order valence-corrected chi connectivity index (χ1v) is 7.67. The van der Waals surface area contributed by atoms with Gasteiger partial charge in [-0.3, -0.25) is 4.79 Å². The Labute approximate surface area is 123 Å². The third kappa shape index (κ3) is 4.54. The zero-order valence-electron chi connectivity index (χ0n) is 12.0. The maximum Gasteiger partial charge on any atom is 0.335 e. The van der Waals surface area contributed by atoms with E-state index >= 15 is 0 Å². The number of likely N-dealkylation sites (N-methyl/N-ethyl adjacent to an activating group) is 1. The highest BCUT2D eigenvalue weighted by Crippen LogP contribution is 2.15. The normalized spacial score (nSPS) is 11.7. The van der Waals surface area contributed by atoms with Crippen LogP contribution in [0.5, 0.6) is 0 Å². The summed E-state index contributed by atoms with van der Waals surface area (Å²) in [6, 6.07) is 4.90. The second-order valence-corrected chi connectivity index (χ2v) is 6.86. The summed E-state index contributed by atoms with van der Waals surface area (Å²) < 4.78 is 25.4. The van der Waals surface area contributed by atoms with Crippen molar-refractivity contribution >= 4 is 21.9 Å². The number of hydrogen-bond donors (Lipinski definition) is 2. The molecule has 0 radical (unpaired) electrons. The number of carbonyl (C=O) groups excluding carboxylic acids is 1. The largest absolute Gasteiger partial charge is 0.478 e. The molecule has 0 aliphatic heterocycles. The standard InChI is InChI=1S/C13H18N2O5S/c1-9(2)14-12(16)8-15(3)21(19,20)11-6-4-5-10(7-11)13(17)18/h4-7,9H,8H2,1-3H3,(H,14,16)(H,17,18). The summed E-state index contributed by atoms with van der Waals surface area (Å²) >= 11 is 0. The van der Waals surface area contributed by atoms with Gasteiger partial charge in [-0.25, -0.2) is 13.2 Å². The topological polar surface area (TPSA) is 104 Å². The number of rotatable bonds is 6. The van der Waals surface area contributed by atoms with Crippen LogP contribution in [0.2, 0.25) is 0 Å². The average Bonchev–Trinajstić information content (AvgIpc) is 2.37. The molecule has 1 amide bonds. The predicted octanol–water partition coefficient (Wildman–Crippen LogP) is 0.530. The van der Waals surface area contributed by atoms with Crippen LogP contribution < -0.4 is 5.32 Å². The number of aromatic carboxylic acids is 1. The molecule has 0 aromatic heterocycles. The van der Waals surface area contributed by atoms with Crippen LogP contribution in [0.1, 0.15) is 24.2 Å². The Morgan fingerprint density at radius 1 is 1.33 bits per heavy atom. The van der Waals surface area contributed by atoms with E-state index in [1.54, 1.807) is 13.8 Å². The highest BCUT2D eigenvalue weighted by molar-refractivity contribution is 7.89. The minimum atomic E-state index is -3.92. The average molecular weight is 314 g/mol. The maximum absolute atomic E-state index is 12.3. The van der Waals surface area contributed by atoms with E-state index in [4.69, 9.17) is 5.11 Å². The summed E-state index contributed by atoms with van der Waals surface area (Å²) in [6.45, 7) is 3.20. The SMILES string of the molecule is CC(C)NC(=O)CN(C)S(=O)(=O)c1cccc(C(=O)O)c1. The number of nitrogens with zero attached hydrogens (tertiary/aromatic N) is 1. The molecule has 0 heterocycles. The first-order chi connectivity index (χ1) is 9.64. The maximum atomic E-state index is 12.3. The molecule has 116 valence electrons. The molecule has 1 rings (SSSR count). The zero-order valence-corrected chi connectivity index (χ0v) is 12.8. The Hall–Kier alpha value is -1.93. The molecule has 0 saturated heterocycles. The molecule has 0 unspecified atom stereocenters. The summed E-state index contributed by atoms with van der Waals surface area (Å²) in [4.78, 5) is 22.3. The number of benzene rings is 1. The molecule has 0 saturated carbocycles. The molecule has 0 fully saturated rings. The van der Waals surface area contributed by atoms with Crippen LogP contribution in [0.4, 0.5) is 0 Å². The van der Waals surface area contributed by atoms with E-state index in [1.807, 2.05) is 0 Å². The molecular weight excluding hydrogens is 296 g/mol. The van der Waals surface area contributed by atoms with Gasteiger partial charge in [-0.15, -0.1) is 0 Å². The van der Waals surface area contributed by atoms with Gasteiger partial charge in [0.05, 0.1) is 17.0 Å². The minimum Gasteiger partial charge on any atom is -0.478 e. The van der Waals surface area contributed by atoms with Gasteiger partial charge in [0, 0.05) is 13.1 Å². The molecular formula is C13H18N2O5S. The van der Waals surface area contributed by atoms with Gasteiger partial charge in [0.1, 0.15) is 0 Å². The van der Waals surface area contributed by atoms with E-state index in [9.17, 15) is 18.0 Å². The van der Waals surface area contributed by atoms with Crippen LogP contribution in [0, 0.1) is 0 Å². The van der Waals surface area contributed by atoms with Crippen LogP contribution in [0.3, 0.4) is 0 Å². The van der Waals surface area contributed by atoms with Crippen LogP contribution in [-0.4, -0.2) is 49.3 Å². The Morgan fingerprint density at radius 3 is 2.48 bits per heavy atom. The van der Waals surface area contributed by atoms with Crippen LogP contribution >= 0.6 is 0 Å². The molecule has 0 atom stereocenters. The van der Waals surface area contributed by atoms with Crippen molar-refractivity contribution in [1.29, 1.82) is 0 Å². The molecule has 7 nitrogen and oxygen atoms in total. The predicted molar refractivity (Wildman–Crippen MR) is 76.5 cm³/mol. The highest BCUT2D eigenvalue weighted by atomic mass is 32.2. The number of carboxylic acid groups (broad SMARTS) is 1. The van der Waals surface area contributed by atoms with Gasteiger partial charge in [0.25, 0.3) is 0 Å². The monoisotopic (exact) mass is 314 g/mol. The smallest absolute Gasteiger partial charge is 0.335 e. The highest BCUT2D eigenvalue weighted by Gasteiger charge is 2.24. The summed E-state index contributed by atoms with van der Waals surface area (Å²) in [5.74, 6) is -1.64. The summed E-state index contributed by atoms with van der Waals surface area (Å²) in [5.41, 5.74) is -0.129. The molecule has 0 spiro atoms.